The second-order valence-corrected chi connectivity index (χ2v) is 7.08. The van der Waals surface area contributed by atoms with Gasteiger partial charge >= 0.3 is 0 Å². The number of aromatic nitrogens is 2. The zero-order chi connectivity index (χ0) is 18.3. The van der Waals surface area contributed by atoms with Crippen molar-refractivity contribution in [2.24, 2.45) is 5.92 Å². The van der Waals surface area contributed by atoms with Gasteiger partial charge in [0.1, 0.15) is 6.04 Å². The summed E-state index contributed by atoms with van der Waals surface area (Å²) in [6.45, 7) is 5.00. The molecule has 2 aromatic rings. The molecule has 1 N–H and O–H groups in total. The second kappa shape index (κ2) is 6.61. The number of carbonyl (C=O) groups excluding carboxylic acids is 2. The lowest BCUT2D eigenvalue weighted by Crippen LogP contribution is -2.57. The third-order valence-corrected chi connectivity index (χ3v) is 5.36. The summed E-state index contributed by atoms with van der Waals surface area (Å²) in [6, 6.07) is 7.29. The van der Waals surface area contributed by atoms with Crippen LogP contribution in [0.2, 0.25) is 5.02 Å². The molecular formula is C19H19ClN4O2. The van der Waals surface area contributed by atoms with Crippen LogP contribution in [0.15, 0.2) is 43.2 Å². The number of amides is 2. The minimum absolute atomic E-state index is 0.0618. The molecule has 2 aliphatic rings. The van der Waals surface area contributed by atoms with Crippen molar-refractivity contribution in [2.45, 2.75) is 12.5 Å². The highest BCUT2D eigenvalue weighted by atomic mass is 35.5. The molecule has 1 saturated heterocycles. The summed E-state index contributed by atoms with van der Waals surface area (Å²) in [7, 11) is 0. The van der Waals surface area contributed by atoms with Crippen molar-refractivity contribution >= 4 is 23.4 Å². The van der Waals surface area contributed by atoms with E-state index in [-0.39, 0.29) is 23.8 Å². The molecule has 4 rings (SSSR count). The van der Waals surface area contributed by atoms with E-state index in [1.165, 1.54) is 6.08 Å². The van der Waals surface area contributed by atoms with E-state index in [0.717, 1.165) is 23.4 Å². The van der Waals surface area contributed by atoms with Gasteiger partial charge in [-0.3, -0.25) is 9.59 Å². The highest BCUT2D eigenvalue weighted by Crippen LogP contribution is 2.35. The largest absolute Gasteiger partial charge is 0.348 e. The number of H-pyrrole nitrogens is 1. The predicted octanol–water partition coefficient (Wildman–Crippen LogP) is 2.18. The third-order valence-electron chi connectivity index (χ3n) is 5.11. The van der Waals surface area contributed by atoms with Crippen molar-refractivity contribution in [3.05, 3.63) is 65.2 Å². The van der Waals surface area contributed by atoms with E-state index in [1.54, 1.807) is 11.2 Å². The van der Waals surface area contributed by atoms with Crippen LogP contribution in [0.25, 0.3) is 0 Å². The molecule has 0 saturated carbocycles. The average molecular weight is 371 g/mol. The van der Waals surface area contributed by atoms with Crippen LogP contribution in [0.3, 0.4) is 0 Å². The van der Waals surface area contributed by atoms with Crippen LogP contribution in [0.4, 0.5) is 0 Å². The second-order valence-electron chi connectivity index (χ2n) is 6.65. The first-order valence-corrected chi connectivity index (χ1v) is 8.95. The molecule has 1 aromatic carbocycles. The minimum atomic E-state index is -0.237. The van der Waals surface area contributed by atoms with E-state index in [4.69, 9.17) is 11.6 Å². The number of fused-ring (bicyclic) bond motifs is 1. The summed E-state index contributed by atoms with van der Waals surface area (Å²) in [4.78, 5) is 35.9. The molecule has 1 atom stereocenters. The highest BCUT2D eigenvalue weighted by molar-refractivity contribution is 6.30. The van der Waals surface area contributed by atoms with Crippen LogP contribution in [-0.4, -0.2) is 51.2 Å². The van der Waals surface area contributed by atoms with Gasteiger partial charge in [0.15, 0.2) is 0 Å². The van der Waals surface area contributed by atoms with Crippen LogP contribution in [0.5, 0.6) is 0 Å². The molecule has 0 radical (unpaired) electrons. The van der Waals surface area contributed by atoms with Crippen LogP contribution in [-0.2, 0) is 16.0 Å². The number of benzene rings is 1. The van der Waals surface area contributed by atoms with Crippen molar-refractivity contribution in [2.75, 3.05) is 19.6 Å². The Morgan fingerprint density at radius 3 is 2.69 bits per heavy atom. The Bertz CT molecular complexity index is 855. The summed E-state index contributed by atoms with van der Waals surface area (Å²) in [5, 5.41) is 0.655. The number of rotatable bonds is 3. The van der Waals surface area contributed by atoms with E-state index < -0.39 is 0 Å². The number of nitrogens with one attached hydrogen (secondary N) is 1. The van der Waals surface area contributed by atoms with Crippen molar-refractivity contribution in [1.82, 2.24) is 19.8 Å². The van der Waals surface area contributed by atoms with Gasteiger partial charge in [0.25, 0.3) is 0 Å². The molecular weight excluding hydrogens is 352 g/mol. The molecule has 1 unspecified atom stereocenters. The Labute approximate surface area is 156 Å². The van der Waals surface area contributed by atoms with E-state index in [1.807, 2.05) is 29.2 Å². The number of halogens is 1. The molecule has 6 nitrogen and oxygen atoms in total. The summed E-state index contributed by atoms with van der Waals surface area (Å²) in [5.41, 5.74) is 2.92. The first kappa shape index (κ1) is 16.8. The fourth-order valence-electron chi connectivity index (χ4n) is 3.68. The van der Waals surface area contributed by atoms with Gasteiger partial charge in [-0.25, -0.2) is 4.98 Å². The van der Waals surface area contributed by atoms with E-state index in [0.29, 0.717) is 24.7 Å². The van der Waals surface area contributed by atoms with Crippen LogP contribution in [0.1, 0.15) is 23.0 Å². The van der Waals surface area contributed by atoms with Crippen molar-refractivity contribution < 1.29 is 9.59 Å². The number of hydrogen-bond donors (Lipinski definition) is 1. The highest BCUT2D eigenvalue weighted by Gasteiger charge is 2.41. The zero-order valence-corrected chi connectivity index (χ0v) is 14.9. The maximum atomic E-state index is 13.1. The third kappa shape index (κ3) is 2.80. The van der Waals surface area contributed by atoms with E-state index in [9.17, 15) is 9.59 Å². The van der Waals surface area contributed by atoms with Gasteiger partial charge < -0.3 is 14.8 Å². The Morgan fingerprint density at radius 2 is 2.00 bits per heavy atom. The standard InChI is InChI=1S/C19H19ClN4O2/c1-2-16(25)23-9-13(10-23)19(26)24-8-7-15-17(22-11-21-15)18(24)12-3-5-14(20)6-4-12/h2-6,11,13,18H,1,7-10H2,(H,21,22). The van der Waals surface area contributed by atoms with Gasteiger partial charge in [0.05, 0.1) is 17.9 Å². The Hall–Kier alpha value is -2.60. The monoisotopic (exact) mass is 370 g/mol. The summed E-state index contributed by atoms with van der Waals surface area (Å²) in [5.74, 6) is -0.238. The fraction of sp³-hybridized carbons (Fsp3) is 0.316. The first-order valence-electron chi connectivity index (χ1n) is 8.58. The molecule has 0 bridgehead atoms. The summed E-state index contributed by atoms with van der Waals surface area (Å²) in [6.07, 6.45) is 3.71. The Kier molecular flexibility index (Phi) is 4.28. The Morgan fingerprint density at radius 1 is 1.27 bits per heavy atom. The normalized spacial score (nSPS) is 19.7. The topological polar surface area (TPSA) is 69.3 Å². The van der Waals surface area contributed by atoms with E-state index in [2.05, 4.69) is 16.5 Å². The molecule has 1 aromatic heterocycles. The number of hydrogen-bond acceptors (Lipinski definition) is 3. The lowest BCUT2D eigenvalue weighted by molar-refractivity contribution is -0.147. The van der Waals surface area contributed by atoms with Gasteiger partial charge in [-0.2, -0.15) is 0 Å². The van der Waals surface area contributed by atoms with Crippen molar-refractivity contribution in [3.8, 4) is 0 Å². The first-order chi connectivity index (χ1) is 12.6. The molecule has 0 aliphatic carbocycles. The number of imidazole rings is 1. The molecule has 3 heterocycles. The number of nitrogens with zero attached hydrogens (tertiary/aromatic N) is 3. The molecule has 134 valence electrons. The van der Waals surface area contributed by atoms with E-state index >= 15 is 0 Å². The van der Waals surface area contributed by atoms with Gasteiger partial charge in [-0.05, 0) is 23.8 Å². The SMILES string of the molecule is C=CC(=O)N1CC(C(=O)N2CCc3[nH]cnc3C2c2ccc(Cl)cc2)C1. The molecule has 7 heteroatoms. The number of carbonyl (C=O) groups is 2. The maximum Gasteiger partial charge on any atom is 0.246 e. The van der Waals surface area contributed by atoms with Gasteiger partial charge in [-0.1, -0.05) is 30.3 Å². The molecule has 2 aliphatic heterocycles. The molecule has 26 heavy (non-hydrogen) atoms. The van der Waals surface area contributed by atoms with Crippen molar-refractivity contribution in [1.29, 1.82) is 0 Å². The molecule has 1 fully saturated rings. The lowest BCUT2D eigenvalue weighted by Gasteiger charge is -2.43. The summed E-state index contributed by atoms with van der Waals surface area (Å²) >= 11 is 6.02. The predicted molar refractivity (Wildman–Crippen MR) is 97.6 cm³/mol. The van der Waals surface area contributed by atoms with Crippen LogP contribution >= 0.6 is 11.6 Å². The minimum Gasteiger partial charge on any atom is -0.348 e. The fourth-order valence-corrected chi connectivity index (χ4v) is 3.80. The van der Waals surface area contributed by atoms with Gasteiger partial charge in [0.2, 0.25) is 11.8 Å². The average Bonchev–Trinajstić information content (AvgIpc) is 3.08. The molecule has 0 spiro atoms. The number of likely N-dealkylation sites (tertiary alicyclic amines) is 1. The smallest absolute Gasteiger partial charge is 0.246 e. The van der Waals surface area contributed by atoms with Gasteiger partial charge in [0, 0.05) is 36.8 Å². The molecule has 2 amide bonds. The zero-order valence-electron chi connectivity index (χ0n) is 14.2. The Balaban J connectivity index is 1.60. The van der Waals surface area contributed by atoms with Gasteiger partial charge in [-0.15, -0.1) is 0 Å². The van der Waals surface area contributed by atoms with Crippen LogP contribution in [0, 0.1) is 5.92 Å². The summed E-state index contributed by atoms with van der Waals surface area (Å²) < 4.78 is 0. The quantitative estimate of drug-likeness (QED) is 0.842. The van der Waals surface area contributed by atoms with Crippen molar-refractivity contribution in [3.63, 3.8) is 0 Å². The van der Waals surface area contributed by atoms with Crippen LogP contribution < -0.4 is 0 Å². The lowest BCUT2D eigenvalue weighted by atomic mass is 9.91. The maximum absolute atomic E-state index is 13.1. The number of aromatic amines is 1.